The molecule has 0 aliphatic carbocycles. The second-order valence-corrected chi connectivity index (χ2v) is 8.23. The topological polar surface area (TPSA) is 106 Å². The molecule has 0 atom stereocenters. The summed E-state index contributed by atoms with van der Waals surface area (Å²) < 4.78 is 16.8. The first-order valence-corrected chi connectivity index (χ1v) is 11.6. The van der Waals surface area contributed by atoms with Crippen LogP contribution in [0.5, 0.6) is 11.5 Å². The van der Waals surface area contributed by atoms with Crippen LogP contribution in [0.4, 0.5) is 5.13 Å². The predicted molar refractivity (Wildman–Crippen MR) is 131 cm³/mol. The van der Waals surface area contributed by atoms with Crippen molar-refractivity contribution in [2.24, 2.45) is 0 Å². The maximum atomic E-state index is 12.3. The largest absolute Gasteiger partial charge is 0.491 e. The van der Waals surface area contributed by atoms with E-state index in [0.717, 1.165) is 17.2 Å². The number of nitriles is 1. The molecule has 0 radical (unpaired) electrons. The SMILES string of the molecule is CCc1nnc(NC(=O)C(C#N)=Cc2ccc(OCCOCCOc3ccc(C)cc3)cc2)s1. The number of carbonyl (C=O) groups excluding carboxylic acids is 1. The third-order valence-corrected chi connectivity index (χ3v) is 5.54. The van der Waals surface area contributed by atoms with Crippen molar-refractivity contribution in [2.75, 3.05) is 31.7 Å². The van der Waals surface area contributed by atoms with Gasteiger partial charge in [-0.25, -0.2) is 0 Å². The standard InChI is InChI=1S/C25H26N4O4S/c1-3-23-28-29-25(34-23)27-24(30)20(17-26)16-19-6-10-22(11-7-19)33-15-13-31-12-14-32-21-8-4-18(2)5-9-21/h4-11,16H,3,12-15H2,1-2H3,(H,27,29,30). The van der Waals surface area contributed by atoms with Gasteiger partial charge in [-0.15, -0.1) is 10.2 Å². The second-order valence-electron chi connectivity index (χ2n) is 7.17. The summed E-state index contributed by atoms with van der Waals surface area (Å²) in [6.45, 7) is 5.75. The molecule has 0 spiro atoms. The first-order valence-electron chi connectivity index (χ1n) is 10.8. The van der Waals surface area contributed by atoms with E-state index in [4.69, 9.17) is 14.2 Å². The van der Waals surface area contributed by atoms with Crippen molar-refractivity contribution in [3.05, 3.63) is 70.2 Å². The maximum Gasteiger partial charge on any atom is 0.268 e. The fraction of sp³-hybridized carbons (Fsp3) is 0.280. The highest BCUT2D eigenvalue weighted by molar-refractivity contribution is 7.15. The summed E-state index contributed by atoms with van der Waals surface area (Å²) in [7, 11) is 0. The highest BCUT2D eigenvalue weighted by Gasteiger charge is 2.12. The van der Waals surface area contributed by atoms with Gasteiger partial charge >= 0.3 is 0 Å². The van der Waals surface area contributed by atoms with E-state index in [-0.39, 0.29) is 5.57 Å². The summed E-state index contributed by atoms with van der Waals surface area (Å²) >= 11 is 1.29. The molecule has 0 unspecified atom stereocenters. The van der Waals surface area contributed by atoms with E-state index in [1.165, 1.54) is 23.0 Å². The van der Waals surface area contributed by atoms with Gasteiger partial charge in [0.25, 0.3) is 5.91 Å². The number of anilines is 1. The molecule has 1 N–H and O–H groups in total. The van der Waals surface area contributed by atoms with Crippen LogP contribution in [0.25, 0.3) is 6.08 Å². The molecule has 0 fully saturated rings. The van der Waals surface area contributed by atoms with Crippen molar-refractivity contribution in [1.82, 2.24) is 10.2 Å². The molecule has 176 valence electrons. The lowest BCUT2D eigenvalue weighted by Crippen LogP contribution is -2.13. The van der Waals surface area contributed by atoms with Gasteiger partial charge in [-0.3, -0.25) is 10.1 Å². The van der Waals surface area contributed by atoms with E-state index in [9.17, 15) is 10.1 Å². The number of hydrogen-bond acceptors (Lipinski definition) is 8. The van der Waals surface area contributed by atoms with Crippen LogP contribution in [-0.2, 0) is 16.0 Å². The predicted octanol–water partition coefficient (Wildman–Crippen LogP) is 4.43. The van der Waals surface area contributed by atoms with Crippen LogP contribution in [0.2, 0.25) is 0 Å². The Balaban J connectivity index is 1.38. The van der Waals surface area contributed by atoms with Crippen molar-refractivity contribution >= 4 is 28.5 Å². The Bertz CT molecular complexity index is 1130. The maximum absolute atomic E-state index is 12.3. The van der Waals surface area contributed by atoms with Gasteiger partial charge in [-0.1, -0.05) is 48.1 Å². The lowest BCUT2D eigenvalue weighted by molar-refractivity contribution is -0.112. The van der Waals surface area contributed by atoms with E-state index in [1.807, 2.05) is 44.2 Å². The molecule has 0 aliphatic rings. The molecule has 3 aromatic rings. The summed E-state index contributed by atoms with van der Waals surface area (Å²) in [6.07, 6.45) is 2.25. The van der Waals surface area contributed by atoms with Gasteiger partial charge in [0.1, 0.15) is 41.4 Å². The van der Waals surface area contributed by atoms with Crippen molar-refractivity contribution < 1.29 is 19.0 Å². The summed E-state index contributed by atoms with van der Waals surface area (Å²) in [4.78, 5) is 12.3. The van der Waals surface area contributed by atoms with Crippen LogP contribution in [0.1, 0.15) is 23.1 Å². The van der Waals surface area contributed by atoms with Gasteiger partial charge in [0.2, 0.25) is 5.13 Å². The zero-order valence-electron chi connectivity index (χ0n) is 19.1. The minimum atomic E-state index is -0.523. The summed E-state index contributed by atoms with van der Waals surface area (Å²) in [5, 5.41) is 21.0. The van der Waals surface area contributed by atoms with Gasteiger partial charge in [-0.05, 0) is 49.2 Å². The Morgan fingerprint density at radius 1 is 1.00 bits per heavy atom. The first-order chi connectivity index (χ1) is 16.6. The number of nitrogens with zero attached hydrogens (tertiary/aromatic N) is 3. The van der Waals surface area contributed by atoms with Gasteiger partial charge in [0.15, 0.2) is 0 Å². The molecule has 34 heavy (non-hydrogen) atoms. The van der Waals surface area contributed by atoms with Gasteiger partial charge in [0.05, 0.1) is 13.2 Å². The average molecular weight is 479 g/mol. The third-order valence-electron chi connectivity index (χ3n) is 4.56. The molecule has 1 aromatic heterocycles. The van der Waals surface area contributed by atoms with E-state index in [1.54, 1.807) is 24.3 Å². The van der Waals surface area contributed by atoms with Gasteiger partial charge in [0, 0.05) is 0 Å². The first kappa shape index (κ1) is 24.9. The van der Waals surface area contributed by atoms with Crippen LogP contribution >= 0.6 is 11.3 Å². The van der Waals surface area contributed by atoms with Crippen molar-refractivity contribution in [2.45, 2.75) is 20.3 Å². The van der Waals surface area contributed by atoms with Crippen LogP contribution in [-0.4, -0.2) is 42.5 Å². The molecule has 9 heteroatoms. The molecular formula is C25H26N4O4S. The molecule has 0 bridgehead atoms. The Hall–Kier alpha value is -3.74. The Labute approximate surface area is 202 Å². The number of nitrogens with one attached hydrogen (secondary N) is 1. The molecule has 0 saturated heterocycles. The fourth-order valence-corrected chi connectivity index (χ4v) is 3.43. The number of aryl methyl sites for hydroxylation is 2. The molecule has 1 amide bonds. The summed E-state index contributed by atoms with van der Waals surface area (Å²) in [5.41, 5.74) is 1.87. The lowest BCUT2D eigenvalue weighted by atomic mass is 10.1. The highest BCUT2D eigenvalue weighted by Crippen LogP contribution is 2.18. The van der Waals surface area contributed by atoms with E-state index in [2.05, 4.69) is 15.5 Å². The zero-order chi connectivity index (χ0) is 24.2. The molecule has 0 aliphatic heterocycles. The minimum absolute atomic E-state index is 0.0248. The van der Waals surface area contributed by atoms with Crippen LogP contribution in [0.3, 0.4) is 0 Å². The van der Waals surface area contributed by atoms with E-state index in [0.29, 0.717) is 42.9 Å². The Morgan fingerprint density at radius 3 is 2.18 bits per heavy atom. The number of carbonyl (C=O) groups is 1. The number of benzene rings is 2. The van der Waals surface area contributed by atoms with Crippen molar-refractivity contribution in [3.63, 3.8) is 0 Å². The van der Waals surface area contributed by atoms with E-state index >= 15 is 0 Å². The molecule has 3 rings (SSSR count). The second kappa shape index (κ2) is 13.1. The fourth-order valence-electron chi connectivity index (χ4n) is 2.76. The van der Waals surface area contributed by atoms with Crippen LogP contribution in [0.15, 0.2) is 54.1 Å². The zero-order valence-corrected chi connectivity index (χ0v) is 19.9. The molecule has 1 heterocycles. The Morgan fingerprint density at radius 2 is 1.62 bits per heavy atom. The van der Waals surface area contributed by atoms with Gasteiger partial charge < -0.3 is 14.2 Å². The molecule has 8 nitrogen and oxygen atoms in total. The lowest BCUT2D eigenvalue weighted by Gasteiger charge is -2.09. The molecular weight excluding hydrogens is 452 g/mol. The number of rotatable bonds is 12. The van der Waals surface area contributed by atoms with Gasteiger partial charge in [-0.2, -0.15) is 5.26 Å². The van der Waals surface area contributed by atoms with Crippen molar-refractivity contribution in [3.8, 4) is 17.6 Å². The monoisotopic (exact) mass is 478 g/mol. The van der Waals surface area contributed by atoms with Crippen molar-refractivity contribution in [1.29, 1.82) is 5.26 Å². The number of ether oxygens (including phenoxy) is 3. The normalized spacial score (nSPS) is 11.0. The summed E-state index contributed by atoms with van der Waals surface area (Å²) in [6, 6.07) is 16.9. The quantitative estimate of drug-likeness (QED) is 0.233. The van der Waals surface area contributed by atoms with E-state index < -0.39 is 5.91 Å². The highest BCUT2D eigenvalue weighted by atomic mass is 32.1. The summed E-state index contributed by atoms with van der Waals surface area (Å²) in [5.74, 6) is 0.966. The average Bonchev–Trinajstić information content (AvgIpc) is 3.31. The number of amides is 1. The molecule has 0 saturated carbocycles. The number of hydrogen-bond donors (Lipinski definition) is 1. The Kier molecular flexibility index (Phi) is 9.58. The van der Waals surface area contributed by atoms with Crippen LogP contribution in [0, 0.1) is 18.3 Å². The minimum Gasteiger partial charge on any atom is -0.491 e. The third kappa shape index (κ3) is 7.99. The van der Waals surface area contributed by atoms with Crippen LogP contribution < -0.4 is 14.8 Å². The smallest absolute Gasteiger partial charge is 0.268 e. The molecule has 2 aromatic carbocycles. The number of aromatic nitrogens is 2.